The van der Waals surface area contributed by atoms with E-state index >= 15 is 0 Å². The number of para-hydroxylation sites is 1. The Kier molecular flexibility index (Phi) is 4.84. The number of hydrogen-bond donors (Lipinski definition) is 3. The Balaban J connectivity index is 1.83. The van der Waals surface area contributed by atoms with E-state index in [9.17, 15) is 19.2 Å². The van der Waals surface area contributed by atoms with Crippen LogP contribution in [0.3, 0.4) is 0 Å². The zero-order chi connectivity index (χ0) is 20.5. The van der Waals surface area contributed by atoms with Gasteiger partial charge in [0, 0.05) is 11.6 Å². The minimum atomic E-state index is -1.36. The lowest BCUT2D eigenvalue weighted by atomic mass is 9.92. The third kappa shape index (κ3) is 3.26. The average Bonchev–Trinajstić information content (AvgIpc) is 3.39. The number of Topliss-reactive ketones (excluding diaryl/α,β-unsaturated/α-hetero) is 1. The highest BCUT2D eigenvalue weighted by Crippen LogP contribution is 2.33. The van der Waals surface area contributed by atoms with Gasteiger partial charge < -0.3 is 0 Å². The molecule has 1 saturated heterocycles. The van der Waals surface area contributed by atoms with Crippen LogP contribution < -0.4 is 21.6 Å². The Morgan fingerprint density at radius 3 is 2.69 bits per heavy atom. The molecule has 1 unspecified atom stereocenters. The van der Waals surface area contributed by atoms with Gasteiger partial charge in [-0.3, -0.25) is 19.8 Å². The van der Waals surface area contributed by atoms with Gasteiger partial charge in [0.1, 0.15) is 16.6 Å². The third-order valence-corrected chi connectivity index (χ3v) is 5.81. The van der Waals surface area contributed by atoms with E-state index in [1.54, 1.807) is 35.1 Å². The van der Waals surface area contributed by atoms with Crippen molar-refractivity contribution in [2.75, 3.05) is 4.90 Å². The van der Waals surface area contributed by atoms with E-state index in [1.807, 2.05) is 5.43 Å². The molecule has 0 aliphatic carbocycles. The fourth-order valence-electron chi connectivity index (χ4n) is 2.69. The van der Waals surface area contributed by atoms with Gasteiger partial charge in [0.15, 0.2) is 5.13 Å². The second kappa shape index (κ2) is 7.46. The fourth-order valence-corrected chi connectivity index (χ4v) is 4.39. The molecular weight excluding hydrogens is 418 g/mol. The number of aromatic nitrogens is 2. The number of imide groups is 1. The Labute approximate surface area is 170 Å². The van der Waals surface area contributed by atoms with Crippen LogP contribution in [0.5, 0.6) is 0 Å². The smallest absolute Gasteiger partial charge is 0.287 e. The number of nitrogens with zero attached hydrogens (tertiary/aromatic N) is 4. The number of nitrogens with two attached hydrogens (primary N) is 1. The molecule has 29 heavy (non-hydrogen) atoms. The number of amides is 4. The van der Waals surface area contributed by atoms with Gasteiger partial charge >= 0.3 is 11.9 Å². The monoisotopic (exact) mass is 429 g/mol. The summed E-state index contributed by atoms with van der Waals surface area (Å²) >= 11 is 2.16. The highest BCUT2D eigenvalue weighted by Gasteiger charge is 2.49. The first-order chi connectivity index (χ1) is 14.0. The van der Waals surface area contributed by atoms with Crippen LogP contribution in [0.2, 0.25) is 0 Å². The molecule has 146 valence electrons. The molecule has 11 nitrogen and oxygen atoms in total. The number of carbonyl (C=O) groups excluding carboxylic acids is 4. The quantitative estimate of drug-likeness (QED) is 0.180. The summed E-state index contributed by atoms with van der Waals surface area (Å²) in [5, 5.41) is 5.55. The van der Waals surface area contributed by atoms with Gasteiger partial charge in [-0.2, -0.15) is 5.10 Å². The molecule has 0 radical (unpaired) electrons. The molecule has 1 aliphatic rings. The van der Waals surface area contributed by atoms with Gasteiger partial charge in [-0.15, -0.1) is 22.7 Å². The summed E-state index contributed by atoms with van der Waals surface area (Å²) in [7, 11) is 0. The van der Waals surface area contributed by atoms with Crippen LogP contribution in [0, 0.1) is 0 Å². The zero-order valence-corrected chi connectivity index (χ0v) is 16.0. The van der Waals surface area contributed by atoms with Crippen molar-refractivity contribution in [1.82, 2.24) is 20.8 Å². The number of thiazole rings is 2. The molecule has 4 rings (SSSR count). The largest absolute Gasteiger partial charge is 0.349 e. The van der Waals surface area contributed by atoms with Crippen LogP contribution in [-0.4, -0.2) is 39.3 Å². The lowest BCUT2D eigenvalue weighted by Gasteiger charge is -2.27. The number of piperidine rings is 1. The summed E-state index contributed by atoms with van der Waals surface area (Å²) in [5.74, 6) is 0.809. The van der Waals surface area contributed by atoms with Crippen molar-refractivity contribution in [3.63, 3.8) is 0 Å². The molecule has 1 aromatic carbocycles. The molecule has 0 bridgehead atoms. The predicted molar refractivity (Wildman–Crippen MR) is 105 cm³/mol. The molecule has 1 fully saturated rings. The van der Waals surface area contributed by atoms with Crippen molar-refractivity contribution >= 4 is 67.4 Å². The molecule has 3 heterocycles. The Morgan fingerprint density at radius 2 is 2.00 bits per heavy atom. The summed E-state index contributed by atoms with van der Waals surface area (Å²) in [4.78, 5) is 59.1. The number of carbonyl (C=O) groups is 4. The number of benzene rings is 1. The maximum atomic E-state index is 13.0. The van der Waals surface area contributed by atoms with Crippen LogP contribution in [0.1, 0.15) is 10.9 Å². The van der Waals surface area contributed by atoms with Crippen LogP contribution >= 0.6 is 22.7 Å². The summed E-state index contributed by atoms with van der Waals surface area (Å²) in [6.45, 7) is 0. The number of hydrazine groups is 1. The SMILES string of the molecule is NNC(=O)NN=C1C(=O)N(c2nccs2)C(=O)C(=O)C1c1nc2ccccc2s1. The number of rotatable bonds is 3. The number of fused-ring (bicyclic) bond motifs is 1. The van der Waals surface area contributed by atoms with Gasteiger partial charge in [-0.05, 0) is 12.1 Å². The number of hydrogen-bond acceptors (Lipinski definition) is 10. The standard InChI is InChI=1S/C16H11N7O4S2/c17-20-15(27)22-21-10-9(12-19-7-3-1-2-4-8(7)29-12)11(24)14(26)23(13(10)25)16-18-5-6-28-16/h1-6,9H,17H2,(H2,20,22,27). The third-order valence-electron chi connectivity index (χ3n) is 3.95. The van der Waals surface area contributed by atoms with Gasteiger partial charge in [0.05, 0.1) is 10.2 Å². The Morgan fingerprint density at radius 1 is 1.21 bits per heavy atom. The minimum absolute atomic E-state index is 0.0204. The zero-order valence-electron chi connectivity index (χ0n) is 14.4. The van der Waals surface area contributed by atoms with Crippen molar-refractivity contribution in [2.24, 2.45) is 10.9 Å². The summed E-state index contributed by atoms with van der Waals surface area (Å²) in [6, 6.07) is 6.21. The van der Waals surface area contributed by atoms with Crippen LogP contribution in [0.15, 0.2) is 40.9 Å². The number of nitrogens with one attached hydrogen (secondary N) is 2. The second-order valence-corrected chi connectivity index (χ2v) is 7.60. The van der Waals surface area contributed by atoms with E-state index in [4.69, 9.17) is 5.84 Å². The first-order valence-electron chi connectivity index (χ1n) is 8.03. The molecule has 0 spiro atoms. The maximum absolute atomic E-state index is 13.0. The molecule has 2 aromatic heterocycles. The molecule has 3 aromatic rings. The Hall–Kier alpha value is -3.55. The summed E-state index contributed by atoms with van der Waals surface area (Å²) in [5.41, 5.74) is 4.06. The van der Waals surface area contributed by atoms with E-state index in [0.29, 0.717) is 10.4 Å². The number of anilines is 1. The molecule has 4 amide bonds. The van der Waals surface area contributed by atoms with Gasteiger partial charge in [-0.1, -0.05) is 12.1 Å². The van der Waals surface area contributed by atoms with Gasteiger partial charge in [0.25, 0.3) is 5.91 Å². The molecule has 1 atom stereocenters. The van der Waals surface area contributed by atoms with Crippen molar-refractivity contribution in [3.05, 3.63) is 40.8 Å². The van der Waals surface area contributed by atoms with Crippen LogP contribution in [0.25, 0.3) is 10.2 Å². The number of urea groups is 1. The first-order valence-corrected chi connectivity index (χ1v) is 9.72. The van der Waals surface area contributed by atoms with E-state index in [2.05, 4.69) is 15.1 Å². The summed E-state index contributed by atoms with van der Waals surface area (Å²) < 4.78 is 0.768. The molecular formula is C16H11N7O4S2. The van der Waals surface area contributed by atoms with Crippen molar-refractivity contribution in [1.29, 1.82) is 0 Å². The number of hydrazone groups is 1. The lowest BCUT2D eigenvalue weighted by molar-refractivity contribution is -0.139. The second-order valence-electron chi connectivity index (χ2n) is 5.66. The molecule has 0 saturated carbocycles. The van der Waals surface area contributed by atoms with Crippen molar-refractivity contribution in [3.8, 4) is 0 Å². The van der Waals surface area contributed by atoms with Gasteiger partial charge in [0.2, 0.25) is 5.78 Å². The van der Waals surface area contributed by atoms with E-state index < -0.39 is 29.5 Å². The first kappa shape index (κ1) is 18.8. The van der Waals surface area contributed by atoms with Crippen molar-refractivity contribution in [2.45, 2.75) is 5.92 Å². The van der Waals surface area contributed by atoms with E-state index in [1.165, 1.54) is 6.20 Å². The maximum Gasteiger partial charge on any atom is 0.349 e. The topological polar surface area (TPSA) is 160 Å². The van der Waals surface area contributed by atoms with E-state index in [-0.39, 0.29) is 15.9 Å². The van der Waals surface area contributed by atoms with Crippen LogP contribution in [0.4, 0.5) is 9.93 Å². The molecule has 13 heteroatoms. The highest BCUT2D eigenvalue weighted by atomic mass is 32.1. The van der Waals surface area contributed by atoms with E-state index in [0.717, 1.165) is 27.4 Å². The summed E-state index contributed by atoms with van der Waals surface area (Å²) in [6.07, 6.45) is 1.39. The Bertz CT molecular complexity index is 1140. The van der Waals surface area contributed by atoms with Crippen molar-refractivity contribution < 1.29 is 19.2 Å². The van der Waals surface area contributed by atoms with Gasteiger partial charge in [-0.25, -0.2) is 30.9 Å². The molecule has 1 aliphatic heterocycles. The van der Waals surface area contributed by atoms with Crippen LogP contribution in [-0.2, 0) is 14.4 Å². The minimum Gasteiger partial charge on any atom is -0.287 e. The fraction of sp³-hybridized carbons (Fsp3) is 0.0625. The normalized spacial score (nSPS) is 18.5. The number of ketones is 1. The predicted octanol–water partition coefficient (Wildman–Crippen LogP) is 0.508. The lowest BCUT2D eigenvalue weighted by Crippen LogP contribution is -2.55. The molecule has 4 N–H and O–H groups in total. The highest BCUT2D eigenvalue weighted by molar-refractivity contribution is 7.19. The average molecular weight is 429 g/mol.